The number of amides is 1. The highest BCUT2D eigenvalue weighted by molar-refractivity contribution is 6.07. The van der Waals surface area contributed by atoms with Crippen LogP contribution in [0.25, 0.3) is 0 Å². The number of hydrogen-bond acceptors (Lipinski definition) is 6. The molecule has 0 bridgehead atoms. The van der Waals surface area contributed by atoms with Crippen LogP contribution < -0.4 is 10.6 Å². The van der Waals surface area contributed by atoms with Gasteiger partial charge in [-0.3, -0.25) is 9.59 Å². The van der Waals surface area contributed by atoms with Gasteiger partial charge in [-0.2, -0.15) is 0 Å². The van der Waals surface area contributed by atoms with E-state index in [4.69, 9.17) is 4.42 Å². The van der Waals surface area contributed by atoms with Crippen molar-refractivity contribution in [2.45, 2.75) is 19.4 Å². The van der Waals surface area contributed by atoms with Crippen molar-refractivity contribution in [3.05, 3.63) is 59.3 Å². The Kier molecular flexibility index (Phi) is 4.71. The number of hydrogen-bond donors (Lipinski definition) is 3. The SMILES string of the molecule is C[C@H](NC1=C(Nc2cccc(C(=O)N(C)C)c2O)C(=O)C1)c1ccco1. The number of nitrogens with zero attached hydrogens (tertiary/aromatic N) is 1. The standard InChI is InChI=1S/C19H21N3O4/c1-11(16-8-5-9-26-16)20-14-10-15(23)17(14)21-13-7-4-6-12(18(13)24)19(25)22(2)3/h4-9,11,20-21,24H,10H2,1-3H3/t11-/m0/s1. The van der Waals surface area contributed by atoms with Crippen LogP contribution in [0.3, 0.4) is 0 Å². The van der Waals surface area contributed by atoms with Gasteiger partial charge >= 0.3 is 0 Å². The second kappa shape index (κ2) is 6.95. The largest absolute Gasteiger partial charge is 0.505 e. The molecule has 1 aliphatic carbocycles. The first-order valence-corrected chi connectivity index (χ1v) is 8.25. The summed E-state index contributed by atoms with van der Waals surface area (Å²) in [5.41, 5.74) is 1.60. The molecule has 7 heteroatoms. The highest BCUT2D eigenvalue weighted by Gasteiger charge is 2.30. The molecule has 1 aliphatic rings. The van der Waals surface area contributed by atoms with Gasteiger partial charge < -0.3 is 25.1 Å². The molecule has 0 saturated heterocycles. The molecule has 1 aromatic carbocycles. The molecule has 7 nitrogen and oxygen atoms in total. The summed E-state index contributed by atoms with van der Waals surface area (Å²) in [6.45, 7) is 1.93. The van der Waals surface area contributed by atoms with Crippen molar-refractivity contribution in [3.8, 4) is 5.75 Å². The van der Waals surface area contributed by atoms with Crippen molar-refractivity contribution < 1.29 is 19.1 Å². The van der Waals surface area contributed by atoms with E-state index in [-0.39, 0.29) is 35.5 Å². The summed E-state index contributed by atoms with van der Waals surface area (Å²) >= 11 is 0. The number of nitrogens with one attached hydrogen (secondary N) is 2. The van der Waals surface area contributed by atoms with Crippen LogP contribution in [-0.4, -0.2) is 35.8 Å². The summed E-state index contributed by atoms with van der Waals surface area (Å²) < 4.78 is 5.36. The minimum Gasteiger partial charge on any atom is -0.505 e. The monoisotopic (exact) mass is 355 g/mol. The summed E-state index contributed by atoms with van der Waals surface area (Å²) in [5, 5.41) is 16.6. The molecule has 136 valence electrons. The summed E-state index contributed by atoms with van der Waals surface area (Å²) in [4.78, 5) is 25.5. The number of phenols is 1. The van der Waals surface area contributed by atoms with Crippen LogP contribution in [0, 0.1) is 0 Å². The van der Waals surface area contributed by atoms with Gasteiger partial charge in [0.15, 0.2) is 11.5 Å². The third-order valence-corrected chi connectivity index (χ3v) is 4.21. The van der Waals surface area contributed by atoms with Crippen molar-refractivity contribution in [1.82, 2.24) is 10.2 Å². The minimum absolute atomic E-state index is 0.0668. The Labute approximate surface area is 151 Å². The highest BCUT2D eigenvalue weighted by Crippen LogP contribution is 2.33. The lowest BCUT2D eigenvalue weighted by atomic mass is 9.97. The molecular formula is C19H21N3O4. The molecule has 1 heterocycles. The molecule has 2 aromatic rings. The number of carbonyl (C=O) groups excluding carboxylic acids is 2. The van der Waals surface area contributed by atoms with Crippen LogP contribution in [0.4, 0.5) is 5.69 Å². The van der Waals surface area contributed by atoms with Gasteiger partial charge in [-0.25, -0.2) is 0 Å². The van der Waals surface area contributed by atoms with Gasteiger partial charge in [-0.1, -0.05) is 6.07 Å². The predicted octanol–water partition coefficient (Wildman–Crippen LogP) is 2.63. The molecule has 26 heavy (non-hydrogen) atoms. The molecular weight excluding hydrogens is 334 g/mol. The molecule has 1 amide bonds. The zero-order valence-corrected chi connectivity index (χ0v) is 14.9. The smallest absolute Gasteiger partial charge is 0.257 e. The summed E-state index contributed by atoms with van der Waals surface area (Å²) in [7, 11) is 3.22. The normalized spacial score (nSPS) is 14.7. The molecule has 1 aromatic heterocycles. The number of para-hydroxylation sites is 1. The number of aromatic hydroxyl groups is 1. The van der Waals surface area contributed by atoms with E-state index in [1.54, 1.807) is 38.6 Å². The lowest BCUT2D eigenvalue weighted by molar-refractivity contribution is -0.116. The van der Waals surface area contributed by atoms with E-state index in [0.717, 1.165) is 11.5 Å². The maximum Gasteiger partial charge on any atom is 0.257 e. The number of allylic oxidation sites excluding steroid dienone is 2. The Balaban J connectivity index is 1.82. The topological polar surface area (TPSA) is 94.8 Å². The fourth-order valence-corrected chi connectivity index (χ4v) is 2.73. The third kappa shape index (κ3) is 3.28. The molecule has 0 spiro atoms. The number of benzene rings is 1. The summed E-state index contributed by atoms with van der Waals surface area (Å²) in [5.74, 6) is 0.196. The van der Waals surface area contributed by atoms with Crippen molar-refractivity contribution in [2.75, 3.05) is 19.4 Å². The van der Waals surface area contributed by atoms with E-state index < -0.39 is 0 Å². The number of rotatable bonds is 6. The van der Waals surface area contributed by atoms with Crippen molar-refractivity contribution >= 4 is 17.4 Å². The Bertz CT molecular complexity index is 869. The minimum atomic E-state index is -0.315. The van der Waals surface area contributed by atoms with E-state index in [2.05, 4.69) is 10.6 Å². The molecule has 0 radical (unpaired) electrons. The molecule has 3 rings (SSSR count). The van der Waals surface area contributed by atoms with E-state index in [1.807, 2.05) is 13.0 Å². The first-order chi connectivity index (χ1) is 12.4. The van der Waals surface area contributed by atoms with Crippen LogP contribution in [0.15, 0.2) is 52.4 Å². The van der Waals surface area contributed by atoms with Crippen LogP contribution in [0.2, 0.25) is 0 Å². The van der Waals surface area contributed by atoms with Gasteiger partial charge in [0.1, 0.15) is 11.5 Å². The van der Waals surface area contributed by atoms with Gasteiger partial charge in [0, 0.05) is 19.8 Å². The van der Waals surface area contributed by atoms with Gasteiger partial charge in [-0.05, 0) is 31.2 Å². The molecule has 1 atom stereocenters. The Morgan fingerprint density at radius 1 is 1.27 bits per heavy atom. The van der Waals surface area contributed by atoms with Crippen molar-refractivity contribution in [1.29, 1.82) is 0 Å². The Hall–Kier alpha value is -3.22. The zero-order chi connectivity index (χ0) is 18.8. The quantitative estimate of drug-likeness (QED) is 0.690. The predicted molar refractivity (Wildman–Crippen MR) is 96.7 cm³/mol. The van der Waals surface area contributed by atoms with Gasteiger partial charge in [0.25, 0.3) is 5.91 Å². The fraction of sp³-hybridized carbons (Fsp3) is 0.263. The van der Waals surface area contributed by atoms with Crippen LogP contribution in [0.5, 0.6) is 5.75 Å². The summed E-state index contributed by atoms with van der Waals surface area (Å²) in [6.07, 6.45) is 1.88. The second-order valence-electron chi connectivity index (χ2n) is 6.36. The van der Waals surface area contributed by atoms with Crippen LogP contribution in [0.1, 0.15) is 35.5 Å². The summed E-state index contributed by atoms with van der Waals surface area (Å²) in [6, 6.07) is 8.37. The lowest BCUT2D eigenvalue weighted by Gasteiger charge is -2.27. The van der Waals surface area contributed by atoms with Crippen LogP contribution in [-0.2, 0) is 4.79 Å². The Morgan fingerprint density at radius 3 is 2.65 bits per heavy atom. The van der Waals surface area contributed by atoms with Crippen molar-refractivity contribution in [3.63, 3.8) is 0 Å². The van der Waals surface area contributed by atoms with Gasteiger partial charge in [0.2, 0.25) is 0 Å². The average molecular weight is 355 g/mol. The number of carbonyl (C=O) groups is 2. The van der Waals surface area contributed by atoms with Gasteiger partial charge in [0.05, 0.1) is 30.0 Å². The first-order valence-electron chi connectivity index (χ1n) is 8.25. The second-order valence-corrected chi connectivity index (χ2v) is 6.36. The van der Waals surface area contributed by atoms with E-state index >= 15 is 0 Å². The number of ketones is 1. The number of anilines is 1. The number of furan rings is 1. The Morgan fingerprint density at radius 2 is 2.04 bits per heavy atom. The van der Waals surface area contributed by atoms with E-state index in [1.165, 1.54) is 11.0 Å². The zero-order valence-electron chi connectivity index (χ0n) is 14.9. The molecule has 0 unspecified atom stereocenters. The van der Waals surface area contributed by atoms with Crippen molar-refractivity contribution in [2.24, 2.45) is 0 Å². The lowest BCUT2D eigenvalue weighted by Crippen LogP contribution is -2.33. The first kappa shape index (κ1) is 17.6. The fourth-order valence-electron chi connectivity index (χ4n) is 2.73. The third-order valence-electron chi connectivity index (χ3n) is 4.21. The number of Topliss-reactive ketones (excluding diaryl/α,β-unsaturated/α-hetero) is 1. The molecule has 0 saturated carbocycles. The van der Waals surface area contributed by atoms with Gasteiger partial charge in [-0.15, -0.1) is 0 Å². The molecule has 0 fully saturated rings. The highest BCUT2D eigenvalue weighted by atomic mass is 16.3. The number of phenolic OH excluding ortho intramolecular Hbond substituents is 1. The van der Waals surface area contributed by atoms with Crippen LogP contribution >= 0.6 is 0 Å². The maximum absolute atomic E-state index is 12.1. The molecule has 3 N–H and O–H groups in total. The van der Waals surface area contributed by atoms with E-state index in [9.17, 15) is 14.7 Å². The van der Waals surface area contributed by atoms with E-state index in [0.29, 0.717) is 11.4 Å². The average Bonchev–Trinajstić information content (AvgIpc) is 3.14. The maximum atomic E-state index is 12.1. The molecule has 0 aliphatic heterocycles.